The van der Waals surface area contributed by atoms with Crippen molar-refractivity contribution in [2.24, 2.45) is 11.5 Å². The maximum atomic E-state index is 6.22. The number of nitrogens with zero attached hydrogens (tertiary/aromatic N) is 3. The number of rotatable bonds is 4. The van der Waals surface area contributed by atoms with E-state index in [2.05, 4.69) is 40.0 Å². The van der Waals surface area contributed by atoms with Crippen LogP contribution in [0.5, 0.6) is 0 Å². The van der Waals surface area contributed by atoms with Gasteiger partial charge in [0, 0.05) is 31.5 Å². The molecule has 0 spiro atoms. The third-order valence-corrected chi connectivity index (χ3v) is 5.08. The van der Waals surface area contributed by atoms with Crippen molar-refractivity contribution in [1.29, 1.82) is 0 Å². The lowest BCUT2D eigenvalue weighted by Crippen LogP contribution is -2.43. The van der Waals surface area contributed by atoms with Crippen LogP contribution in [0.15, 0.2) is 53.8 Å². The summed E-state index contributed by atoms with van der Waals surface area (Å²) in [5.74, 6) is 0.841. The highest BCUT2D eigenvalue weighted by atomic mass is 16.5. The Hall–Kier alpha value is -2.31. The smallest absolute Gasteiger partial charge is 0.169 e. The lowest BCUT2D eigenvalue weighted by molar-refractivity contribution is 0.185. The van der Waals surface area contributed by atoms with Crippen LogP contribution < -0.4 is 21.3 Å². The molecule has 1 fully saturated rings. The van der Waals surface area contributed by atoms with Gasteiger partial charge in [-0.1, -0.05) is 13.3 Å². The molecule has 4 N–H and O–H groups in total. The van der Waals surface area contributed by atoms with Gasteiger partial charge in [-0.15, -0.1) is 0 Å². The van der Waals surface area contributed by atoms with Gasteiger partial charge in [0.15, 0.2) is 6.23 Å². The van der Waals surface area contributed by atoms with Crippen molar-refractivity contribution in [3.05, 3.63) is 53.8 Å². The SMILES string of the molecule is CCCC1=CN(c2cnccc2N2CCC[C@@H](N)C2)C2=CC(N)OC2=C1. The van der Waals surface area contributed by atoms with Crippen molar-refractivity contribution in [1.82, 2.24) is 4.98 Å². The second-order valence-electron chi connectivity index (χ2n) is 7.18. The highest BCUT2D eigenvalue weighted by Gasteiger charge is 2.30. The van der Waals surface area contributed by atoms with Gasteiger partial charge in [-0.25, -0.2) is 0 Å². The van der Waals surface area contributed by atoms with Crippen LogP contribution in [0.2, 0.25) is 0 Å². The van der Waals surface area contributed by atoms with E-state index >= 15 is 0 Å². The Morgan fingerprint density at radius 1 is 1.31 bits per heavy atom. The minimum Gasteiger partial charge on any atom is -0.470 e. The summed E-state index contributed by atoms with van der Waals surface area (Å²) in [6.45, 7) is 4.07. The Balaban J connectivity index is 1.74. The number of pyridine rings is 1. The molecule has 3 aliphatic rings. The van der Waals surface area contributed by atoms with Crippen molar-refractivity contribution >= 4 is 11.4 Å². The highest BCUT2D eigenvalue weighted by Crippen LogP contribution is 2.39. The van der Waals surface area contributed by atoms with E-state index in [9.17, 15) is 0 Å². The van der Waals surface area contributed by atoms with Gasteiger partial charge in [0.25, 0.3) is 0 Å². The van der Waals surface area contributed by atoms with Crippen LogP contribution >= 0.6 is 0 Å². The molecule has 138 valence electrons. The van der Waals surface area contributed by atoms with Crippen molar-refractivity contribution < 1.29 is 4.74 Å². The maximum Gasteiger partial charge on any atom is 0.169 e. The number of aromatic nitrogens is 1. The molecule has 0 aromatic carbocycles. The van der Waals surface area contributed by atoms with Crippen molar-refractivity contribution in [2.45, 2.75) is 44.9 Å². The number of hydrogen-bond acceptors (Lipinski definition) is 6. The van der Waals surface area contributed by atoms with Crippen molar-refractivity contribution in [3.63, 3.8) is 0 Å². The molecule has 3 aliphatic heterocycles. The summed E-state index contributed by atoms with van der Waals surface area (Å²) in [5.41, 5.74) is 16.7. The first-order valence-corrected chi connectivity index (χ1v) is 9.46. The van der Waals surface area contributed by atoms with Crippen LogP contribution in [0.4, 0.5) is 11.4 Å². The standard InChI is InChI=1S/C20H27N5O/c1-2-4-14-9-19-17(10-20(22)26-19)25(12-14)18-11-23-7-6-16(18)24-8-3-5-15(21)13-24/h6-7,9-12,15,20H,2-5,8,13,21-22H2,1H3/t15-,20?/m1/s1. The van der Waals surface area contributed by atoms with E-state index in [0.29, 0.717) is 0 Å². The lowest BCUT2D eigenvalue weighted by atomic mass is 10.0. The molecule has 6 heteroatoms. The number of fused-ring (bicyclic) bond motifs is 1. The summed E-state index contributed by atoms with van der Waals surface area (Å²) in [5, 5.41) is 0. The minimum atomic E-state index is -0.406. The van der Waals surface area contributed by atoms with Crippen LogP contribution in [-0.4, -0.2) is 30.3 Å². The van der Waals surface area contributed by atoms with Gasteiger partial charge in [-0.2, -0.15) is 0 Å². The van der Waals surface area contributed by atoms with Crippen molar-refractivity contribution in [2.75, 3.05) is 22.9 Å². The fourth-order valence-corrected chi connectivity index (χ4v) is 3.91. The summed E-state index contributed by atoms with van der Waals surface area (Å²) in [4.78, 5) is 8.94. The quantitative estimate of drug-likeness (QED) is 0.866. The lowest BCUT2D eigenvalue weighted by Gasteiger charge is -2.36. The van der Waals surface area contributed by atoms with Gasteiger partial charge in [0.2, 0.25) is 0 Å². The van der Waals surface area contributed by atoms with E-state index in [1.807, 2.05) is 18.5 Å². The molecule has 4 heterocycles. The third-order valence-electron chi connectivity index (χ3n) is 5.08. The third kappa shape index (κ3) is 3.22. The van der Waals surface area contributed by atoms with Crippen LogP contribution in [-0.2, 0) is 4.74 Å². The molecule has 1 unspecified atom stereocenters. The second-order valence-corrected chi connectivity index (χ2v) is 7.18. The van der Waals surface area contributed by atoms with E-state index in [-0.39, 0.29) is 6.04 Å². The molecular formula is C20H27N5O. The molecular weight excluding hydrogens is 326 g/mol. The normalized spacial score (nSPS) is 25.3. The Bertz CT molecular complexity index is 769. The molecule has 0 radical (unpaired) electrons. The summed E-state index contributed by atoms with van der Waals surface area (Å²) in [7, 11) is 0. The topological polar surface area (TPSA) is 80.6 Å². The zero-order chi connectivity index (χ0) is 18.1. The monoisotopic (exact) mass is 353 g/mol. The van der Waals surface area contributed by atoms with E-state index in [0.717, 1.165) is 61.6 Å². The van der Waals surface area contributed by atoms with Crippen molar-refractivity contribution in [3.8, 4) is 0 Å². The minimum absolute atomic E-state index is 0.218. The van der Waals surface area contributed by atoms with Gasteiger partial charge in [-0.05, 0) is 43.1 Å². The van der Waals surface area contributed by atoms with E-state index < -0.39 is 6.23 Å². The van der Waals surface area contributed by atoms with Gasteiger partial charge in [0.05, 0.1) is 23.3 Å². The first-order chi connectivity index (χ1) is 12.7. The summed E-state index contributed by atoms with van der Waals surface area (Å²) in [6, 6.07) is 2.30. The predicted molar refractivity (Wildman–Crippen MR) is 104 cm³/mol. The zero-order valence-electron chi connectivity index (χ0n) is 15.3. The average molecular weight is 353 g/mol. The molecule has 4 rings (SSSR count). The molecule has 1 aromatic heterocycles. The molecule has 26 heavy (non-hydrogen) atoms. The van der Waals surface area contributed by atoms with E-state index in [4.69, 9.17) is 16.2 Å². The Morgan fingerprint density at radius 3 is 3.00 bits per heavy atom. The summed E-state index contributed by atoms with van der Waals surface area (Å²) >= 11 is 0. The first kappa shape index (κ1) is 17.1. The Morgan fingerprint density at radius 2 is 2.19 bits per heavy atom. The van der Waals surface area contributed by atoms with E-state index in [1.54, 1.807) is 0 Å². The highest BCUT2D eigenvalue weighted by molar-refractivity contribution is 5.76. The Kier molecular flexibility index (Phi) is 4.70. The van der Waals surface area contributed by atoms with E-state index in [1.165, 1.54) is 5.57 Å². The molecule has 0 aliphatic carbocycles. The average Bonchev–Trinajstić information content (AvgIpc) is 3.01. The number of hydrogen-bond donors (Lipinski definition) is 2. The van der Waals surface area contributed by atoms with Gasteiger partial charge < -0.3 is 20.3 Å². The first-order valence-electron chi connectivity index (χ1n) is 9.46. The molecule has 1 saturated heterocycles. The summed E-state index contributed by atoms with van der Waals surface area (Å²) < 4.78 is 5.81. The number of piperidine rings is 1. The van der Waals surface area contributed by atoms with Crippen LogP contribution in [0, 0.1) is 0 Å². The molecule has 6 nitrogen and oxygen atoms in total. The predicted octanol–water partition coefficient (Wildman–Crippen LogP) is 2.60. The Labute approximate surface area is 154 Å². The number of anilines is 2. The van der Waals surface area contributed by atoms with Gasteiger partial charge in [0.1, 0.15) is 5.76 Å². The summed E-state index contributed by atoms with van der Waals surface area (Å²) in [6.07, 6.45) is 13.9. The van der Waals surface area contributed by atoms with Gasteiger partial charge >= 0.3 is 0 Å². The fraction of sp³-hybridized carbons (Fsp3) is 0.450. The van der Waals surface area contributed by atoms with Crippen LogP contribution in [0.3, 0.4) is 0 Å². The van der Waals surface area contributed by atoms with Crippen LogP contribution in [0.1, 0.15) is 32.6 Å². The number of allylic oxidation sites excluding steroid dienone is 2. The fourth-order valence-electron chi connectivity index (χ4n) is 3.91. The molecule has 0 bridgehead atoms. The zero-order valence-corrected chi connectivity index (χ0v) is 15.3. The molecule has 0 amide bonds. The van der Waals surface area contributed by atoms with Crippen LogP contribution in [0.25, 0.3) is 0 Å². The largest absolute Gasteiger partial charge is 0.470 e. The molecule has 2 atom stereocenters. The molecule has 0 saturated carbocycles. The second kappa shape index (κ2) is 7.13. The van der Waals surface area contributed by atoms with Gasteiger partial charge in [-0.3, -0.25) is 10.7 Å². The number of nitrogens with two attached hydrogens (primary N) is 2. The number of ether oxygens (including phenoxy) is 1. The maximum absolute atomic E-state index is 6.22. The molecule has 1 aromatic rings.